The maximum absolute atomic E-state index is 12.2. The highest BCUT2D eigenvalue weighted by molar-refractivity contribution is 5.94. The number of amides is 1. The monoisotopic (exact) mass is 288 g/mol. The van der Waals surface area contributed by atoms with E-state index >= 15 is 0 Å². The maximum atomic E-state index is 12.2. The van der Waals surface area contributed by atoms with Crippen LogP contribution in [0.5, 0.6) is 11.5 Å². The molecule has 110 valence electrons. The molecule has 6 nitrogen and oxygen atoms in total. The minimum atomic E-state index is -0.713. The van der Waals surface area contributed by atoms with Gasteiger partial charge in [-0.25, -0.2) is 0 Å². The molecule has 0 radical (unpaired) electrons. The molecule has 6 heteroatoms. The Balaban J connectivity index is 1.71. The lowest BCUT2D eigenvalue weighted by molar-refractivity contribution is -0.125. The predicted molar refractivity (Wildman–Crippen MR) is 75.6 cm³/mol. The molecule has 0 spiro atoms. The maximum Gasteiger partial charge on any atom is 0.271 e. The minimum absolute atomic E-state index is 0.163. The van der Waals surface area contributed by atoms with Crippen molar-refractivity contribution in [1.82, 2.24) is 5.16 Å². The van der Waals surface area contributed by atoms with E-state index in [1.165, 1.54) is 0 Å². The number of para-hydroxylation sites is 2. The van der Waals surface area contributed by atoms with Crippen LogP contribution in [0, 0.1) is 6.92 Å². The Morgan fingerprint density at radius 3 is 2.86 bits per heavy atom. The molecule has 21 heavy (non-hydrogen) atoms. The van der Waals surface area contributed by atoms with E-state index in [9.17, 15) is 4.79 Å². The van der Waals surface area contributed by atoms with Crippen molar-refractivity contribution in [3.8, 4) is 11.5 Å². The quantitative estimate of drug-likeness (QED) is 0.938. The van der Waals surface area contributed by atoms with E-state index in [-0.39, 0.29) is 12.5 Å². The smallest absolute Gasteiger partial charge is 0.271 e. The van der Waals surface area contributed by atoms with E-state index in [4.69, 9.17) is 14.0 Å². The van der Waals surface area contributed by atoms with E-state index in [2.05, 4.69) is 10.5 Å². The van der Waals surface area contributed by atoms with Crippen molar-refractivity contribution in [1.29, 1.82) is 0 Å². The Bertz CT molecular complexity index is 665. The highest BCUT2D eigenvalue weighted by Crippen LogP contribution is 2.31. The van der Waals surface area contributed by atoms with Gasteiger partial charge in [0.15, 0.2) is 11.5 Å². The number of rotatable bonds is 3. The van der Waals surface area contributed by atoms with Gasteiger partial charge < -0.3 is 14.0 Å². The summed E-state index contributed by atoms with van der Waals surface area (Å²) >= 11 is 0. The highest BCUT2D eigenvalue weighted by atomic mass is 16.6. The first-order valence-corrected chi connectivity index (χ1v) is 6.83. The second-order valence-corrected chi connectivity index (χ2v) is 4.79. The fourth-order valence-electron chi connectivity index (χ4n) is 2.16. The molecule has 1 unspecified atom stereocenters. The van der Waals surface area contributed by atoms with Crippen LogP contribution in [-0.2, 0) is 11.2 Å². The van der Waals surface area contributed by atoms with Gasteiger partial charge in [-0.2, -0.15) is 0 Å². The largest absolute Gasteiger partial charge is 0.485 e. The molecule has 0 fully saturated rings. The van der Waals surface area contributed by atoms with Gasteiger partial charge in [-0.15, -0.1) is 0 Å². The van der Waals surface area contributed by atoms with Crippen LogP contribution < -0.4 is 14.8 Å². The van der Waals surface area contributed by atoms with Gasteiger partial charge in [-0.3, -0.25) is 10.1 Å². The Morgan fingerprint density at radius 2 is 2.14 bits per heavy atom. The number of anilines is 1. The number of fused-ring (bicyclic) bond motifs is 1. The summed E-state index contributed by atoms with van der Waals surface area (Å²) < 4.78 is 16.3. The first-order valence-electron chi connectivity index (χ1n) is 6.83. The third-order valence-electron chi connectivity index (χ3n) is 3.39. The van der Waals surface area contributed by atoms with E-state index in [0.717, 1.165) is 17.7 Å². The highest BCUT2D eigenvalue weighted by Gasteiger charge is 2.28. The van der Waals surface area contributed by atoms with Crippen molar-refractivity contribution >= 4 is 11.8 Å². The summed E-state index contributed by atoms with van der Waals surface area (Å²) in [6.45, 7) is 4.00. The lowest BCUT2D eigenvalue weighted by Gasteiger charge is -2.25. The average molecular weight is 288 g/mol. The van der Waals surface area contributed by atoms with Gasteiger partial charge in [0.05, 0.1) is 5.69 Å². The fourth-order valence-corrected chi connectivity index (χ4v) is 2.16. The summed E-state index contributed by atoms with van der Waals surface area (Å²) in [6, 6.07) is 7.25. The number of hydrogen-bond donors (Lipinski definition) is 1. The Morgan fingerprint density at radius 1 is 1.38 bits per heavy atom. The number of hydrogen-bond acceptors (Lipinski definition) is 5. The summed E-state index contributed by atoms with van der Waals surface area (Å²) in [6.07, 6.45) is 0.0382. The van der Waals surface area contributed by atoms with Gasteiger partial charge in [-0.1, -0.05) is 24.2 Å². The molecule has 0 saturated heterocycles. The fraction of sp³-hybridized carbons (Fsp3) is 0.333. The number of aromatic nitrogens is 1. The second kappa shape index (κ2) is 5.47. The Hall–Kier alpha value is -2.50. The van der Waals surface area contributed by atoms with Crippen LogP contribution in [0.2, 0.25) is 0 Å². The van der Waals surface area contributed by atoms with Crippen molar-refractivity contribution in [2.75, 3.05) is 11.9 Å². The molecule has 0 aliphatic carbocycles. The van der Waals surface area contributed by atoms with Crippen LogP contribution in [-0.4, -0.2) is 23.8 Å². The number of aryl methyl sites for hydroxylation is 1. The average Bonchev–Trinajstić information content (AvgIpc) is 2.87. The molecule has 1 amide bonds. The summed E-state index contributed by atoms with van der Waals surface area (Å²) in [5.74, 6) is 1.25. The van der Waals surface area contributed by atoms with Crippen molar-refractivity contribution in [2.45, 2.75) is 26.4 Å². The molecule has 1 atom stereocenters. The standard InChI is InChI=1S/C15H16N2O4/c1-3-10-9(2)15(21-17-10)16-14(18)13-8-19-11-6-4-5-7-12(11)20-13/h4-7,13H,3,8H2,1-2H3,(H,16,18). The lowest BCUT2D eigenvalue weighted by Crippen LogP contribution is -2.40. The number of ether oxygens (including phenoxy) is 2. The van der Waals surface area contributed by atoms with Crippen molar-refractivity contribution in [3.05, 3.63) is 35.5 Å². The number of nitrogens with one attached hydrogen (secondary N) is 1. The van der Waals surface area contributed by atoms with Crippen LogP contribution >= 0.6 is 0 Å². The van der Waals surface area contributed by atoms with E-state index in [0.29, 0.717) is 17.4 Å². The summed E-state index contributed by atoms with van der Waals surface area (Å²) in [7, 11) is 0. The van der Waals surface area contributed by atoms with Gasteiger partial charge in [-0.05, 0) is 25.5 Å². The van der Waals surface area contributed by atoms with Crippen LogP contribution in [0.15, 0.2) is 28.8 Å². The number of carbonyl (C=O) groups is 1. The third-order valence-corrected chi connectivity index (χ3v) is 3.39. The molecule has 1 aromatic carbocycles. The van der Waals surface area contributed by atoms with Crippen molar-refractivity contribution in [3.63, 3.8) is 0 Å². The van der Waals surface area contributed by atoms with Crippen molar-refractivity contribution < 1.29 is 18.8 Å². The number of carbonyl (C=O) groups excluding carboxylic acids is 1. The van der Waals surface area contributed by atoms with Gasteiger partial charge in [0, 0.05) is 5.56 Å². The van der Waals surface area contributed by atoms with Crippen molar-refractivity contribution in [2.24, 2.45) is 0 Å². The molecule has 0 saturated carbocycles. The molecular weight excluding hydrogens is 272 g/mol. The first kappa shape index (κ1) is 13.5. The molecule has 1 aliphatic heterocycles. The lowest BCUT2D eigenvalue weighted by atomic mass is 10.2. The molecule has 1 aromatic heterocycles. The Kier molecular flexibility index (Phi) is 3.51. The van der Waals surface area contributed by atoms with Crippen LogP contribution in [0.1, 0.15) is 18.2 Å². The second-order valence-electron chi connectivity index (χ2n) is 4.79. The Labute approximate surface area is 122 Å². The molecule has 0 bridgehead atoms. The number of benzene rings is 1. The molecule has 1 N–H and O–H groups in total. The van der Waals surface area contributed by atoms with Crippen LogP contribution in [0.3, 0.4) is 0 Å². The SMILES string of the molecule is CCc1noc(NC(=O)C2COc3ccccc3O2)c1C. The van der Waals surface area contributed by atoms with E-state index < -0.39 is 6.10 Å². The normalized spacial score (nSPS) is 16.6. The van der Waals surface area contributed by atoms with Crippen LogP contribution in [0.25, 0.3) is 0 Å². The zero-order valence-corrected chi connectivity index (χ0v) is 11.9. The first-order chi connectivity index (χ1) is 10.2. The zero-order chi connectivity index (χ0) is 14.8. The van der Waals surface area contributed by atoms with Gasteiger partial charge in [0.1, 0.15) is 6.61 Å². The molecule has 2 heterocycles. The van der Waals surface area contributed by atoms with Crippen LogP contribution in [0.4, 0.5) is 5.88 Å². The zero-order valence-electron chi connectivity index (χ0n) is 11.9. The topological polar surface area (TPSA) is 73.6 Å². The van der Waals surface area contributed by atoms with Gasteiger partial charge in [0.25, 0.3) is 5.91 Å². The molecule has 3 rings (SSSR count). The van der Waals surface area contributed by atoms with Gasteiger partial charge >= 0.3 is 0 Å². The summed E-state index contributed by atoms with van der Waals surface area (Å²) in [5.41, 5.74) is 1.67. The van der Waals surface area contributed by atoms with E-state index in [1.54, 1.807) is 12.1 Å². The number of nitrogens with zero attached hydrogens (tertiary/aromatic N) is 1. The molecular formula is C15H16N2O4. The summed E-state index contributed by atoms with van der Waals surface area (Å²) in [4.78, 5) is 12.2. The predicted octanol–water partition coefficient (Wildman–Crippen LogP) is 2.32. The summed E-state index contributed by atoms with van der Waals surface area (Å²) in [5, 5.41) is 6.60. The third kappa shape index (κ3) is 2.56. The molecule has 1 aliphatic rings. The van der Waals surface area contributed by atoms with Gasteiger partial charge in [0.2, 0.25) is 12.0 Å². The molecule has 2 aromatic rings. The minimum Gasteiger partial charge on any atom is -0.485 e. The van der Waals surface area contributed by atoms with E-state index in [1.807, 2.05) is 26.0 Å².